The highest BCUT2D eigenvalue weighted by molar-refractivity contribution is 5.76. The molecule has 104 valence electrons. The maximum atomic E-state index is 5.66. The molecule has 0 bridgehead atoms. The van der Waals surface area contributed by atoms with Crippen LogP contribution in [-0.4, -0.2) is 35.1 Å². The molecule has 0 spiro atoms. The Morgan fingerprint density at radius 2 is 2.05 bits per heavy atom. The second kappa shape index (κ2) is 6.17. The van der Waals surface area contributed by atoms with E-state index in [4.69, 9.17) is 10.7 Å². The monoisotopic (exact) mass is 260 g/mol. The van der Waals surface area contributed by atoms with Gasteiger partial charge in [0.2, 0.25) is 0 Å². The lowest BCUT2D eigenvalue weighted by Crippen LogP contribution is -2.23. The van der Waals surface area contributed by atoms with Crippen molar-refractivity contribution in [3.63, 3.8) is 0 Å². The first-order chi connectivity index (χ1) is 9.19. The van der Waals surface area contributed by atoms with Gasteiger partial charge in [-0.15, -0.1) is 0 Å². The van der Waals surface area contributed by atoms with Crippen LogP contribution in [-0.2, 0) is 6.54 Å². The first-order valence-electron chi connectivity index (χ1n) is 7.00. The van der Waals surface area contributed by atoms with Crippen LogP contribution >= 0.6 is 0 Å². The highest BCUT2D eigenvalue weighted by Gasteiger charge is 2.20. The first-order valence-corrected chi connectivity index (χ1v) is 7.00. The van der Waals surface area contributed by atoms with E-state index in [0.29, 0.717) is 12.6 Å². The zero-order valence-electron chi connectivity index (χ0n) is 12.1. The number of rotatable bonds is 6. The van der Waals surface area contributed by atoms with E-state index in [2.05, 4.69) is 48.7 Å². The summed E-state index contributed by atoms with van der Waals surface area (Å²) in [4.78, 5) is 7.07. The average Bonchev–Trinajstić information content (AvgIpc) is 2.75. The Balaban J connectivity index is 2.51. The summed E-state index contributed by atoms with van der Waals surface area (Å²) in [6.45, 7) is 3.86. The van der Waals surface area contributed by atoms with Crippen LogP contribution in [0.3, 0.4) is 0 Å². The van der Waals surface area contributed by atoms with E-state index >= 15 is 0 Å². The van der Waals surface area contributed by atoms with Gasteiger partial charge in [0, 0.05) is 6.54 Å². The molecule has 1 aromatic heterocycles. The molecule has 0 radical (unpaired) electrons. The summed E-state index contributed by atoms with van der Waals surface area (Å²) >= 11 is 0. The summed E-state index contributed by atoms with van der Waals surface area (Å²) in [6, 6.07) is 8.70. The van der Waals surface area contributed by atoms with Gasteiger partial charge in [0.25, 0.3) is 0 Å². The molecular formula is C15H24N4. The van der Waals surface area contributed by atoms with Crippen molar-refractivity contribution in [2.75, 3.05) is 20.6 Å². The standard InChI is InChI=1S/C15H24N4/c1-4-13(18(2)3)15-17-12-8-5-6-9-14(12)19(15)11-7-10-16/h5-6,8-9,13H,4,7,10-11,16H2,1-3H3. The SMILES string of the molecule is CCC(c1nc2ccccc2n1CCCN)N(C)C. The Morgan fingerprint density at radius 3 is 2.68 bits per heavy atom. The lowest BCUT2D eigenvalue weighted by molar-refractivity contribution is 0.273. The molecule has 1 aromatic carbocycles. The first kappa shape index (κ1) is 14.0. The lowest BCUT2D eigenvalue weighted by Gasteiger charge is -2.23. The highest BCUT2D eigenvalue weighted by atomic mass is 15.2. The predicted molar refractivity (Wildman–Crippen MR) is 80.1 cm³/mol. The summed E-state index contributed by atoms with van der Waals surface area (Å²) in [5.41, 5.74) is 7.96. The maximum absolute atomic E-state index is 5.66. The molecular weight excluding hydrogens is 236 g/mol. The molecule has 1 unspecified atom stereocenters. The predicted octanol–water partition coefficient (Wildman–Crippen LogP) is 2.40. The van der Waals surface area contributed by atoms with Crippen molar-refractivity contribution in [2.24, 2.45) is 5.73 Å². The van der Waals surface area contributed by atoms with Crippen LogP contribution in [0.25, 0.3) is 11.0 Å². The zero-order valence-corrected chi connectivity index (χ0v) is 12.1. The zero-order chi connectivity index (χ0) is 13.8. The van der Waals surface area contributed by atoms with Crippen molar-refractivity contribution in [3.05, 3.63) is 30.1 Å². The highest BCUT2D eigenvalue weighted by Crippen LogP contribution is 2.26. The molecule has 1 heterocycles. The Morgan fingerprint density at radius 1 is 1.32 bits per heavy atom. The minimum Gasteiger partial charge on any atom is -0.330 e. The van der Waals surface area contributed by atoms with E-state index in [9.17, 15) is 0 Å². The van der Waals surface area contributed by atoms with E-state index in [-0.39, 0.29) is 0 Å². The number of benzene rings is 1. The third-order valence-electron chi connectivity index (χ3n) is 3.58. The summed E-state index contributed by atoms with van der Waals surface area (Å²) < 4.78 is 2.33. The van der Waals surface area contributed by atoms with E-state index < -0.39 is 0 Å². The van der Waals surface area contributed by atoms with Crippen LogP contribution in [0, 0.1) is 0 Å². The van der Waals surface area contributed by atoms with Crippen LogP contribution < -0.4 is 5.73 Å². The van der Waals surface area contributed by atoms with Gasteiger partial charge in [0.15, 0.2) is 0 Å². The molecule has 0 amide bonds. The van der Waals surface area contributed by atoms with Crippen molar-refractivity contribution < 1.29 is 0 Å². The summed E-state index contributed by atoms with van der Waals surface area (Å²) in [7, 11) is 4.22. The Kier molecular flexibility index (Phi) is 4.56. The van der Waals surface area contributed by atoms with Crippen molar-refractivity contribution in [2.45, 2.75) is 32.4 Å². The van der Waals surface area contributed by atoms with Crippen LogP contribution in [0.15, 0.2) is 24.3 Å². The second-order valence-electron chi connectivity index (χ2n) is 5.14. The van der Waals surface area contributed by atoms with Gasteiger partial charge < -0.3 is 10.3 Å². The van der Waals surface area contributed by atoms with E-state index in [1.165, 1.54) is 5.52 Å². The molecule has 0 fully saturated rings. The Hall–Kier alpha value is -1.39. The summed E-state index contributed by atoms with van der Waals surface area (Å²) in [6.07, 6.45) is 2.04. The number of imidazole rings is 1. The number of aromatic nitrogens is 2. The molecule has 4 nitrogen and oxygen atoms in total. The third-order valence-corrected chi connectivity index (χ3v) is 3.58. The molecule has 0 saturated carbocycles. The molecule has 0 aliphatic carbocycles. The quantitative estimate of drug-likeness (QED) is 0.867. The average molecular weight is 260 g/mol. The fourth-order valence-electron chi connectivity index (χ4n) is 2.61. The summed E-state index contributed by atoms with van der Waals surface area (Å²) in [5.74, 6) is 1.15. The maximum Gasteiger partial charge on any atom is 0.127 e. The molecule has 0 aliphatic heterocycles. The smallest absolute Gasteiger partial charge is 0.127 e. The molecule has 4 heteroatoms. The summed E-state index contributed by atoms with van der Waals surface area (Å²) in [5, 5.41) is 0. The van der Waals surface area contributed by atoms with Gasteiger partial charge in [-0.2, -0.15) is 0 Å². The topological polar surface area (TPSA) is 47.1 Å². The van der Waals surface area contributed by atoms with Crippen molar-refractivity contribution in [1.29, 1.82) is 0 Å². The molecule has 0 saturated heterocycles. The largest absolute Gasteiger partial charge is 0.330 e. The molecule has 2 aromatic rings. The number of fused-ring (bicyclic) bond motifs is 1. The van der Waals surface area contributed by atoms with Gasteiger partial charge in [-0.1, -0.05) is 19.1 Å². The van der Waals surface area contributed by atoms with Crippen LogP contribution in [0.1, 0.15) is 31.6 Å². The number of nitrogens with zero attached hydrogens (tertiary/aromatic N) is 3. The van der Waals surface area contributed by atoms with Crippen LogP contribution in [0.2, 0.25) is 0 Å². The second-order valence-corrected chi connectivity index (χ2v) is 5.14. The number of hydrogen-bond donors (Lipinski definition) is 1. The number of hydrogen-bond acceptors (Lipinski definition) is 3. The van der Waals surface area contributed by atoms with Gasteiger partial charge in [0.05, 0.1) is 17.1 Å². The minimum absolute atomic E-state index is 0.352. The fourth-order valence-corrected chi connectivity index (χ4v) is 2.61. The van der Waals surface area contributed by atoms with E-state index in [0.717, 1.165) is 30.7 Å². The normalized spacial score (nSPS) is 13.3. The number of para-hydroxylation sites is 2. The van der Waals surface area contributed by atoms with E-state index in [1.54, 1.807) is 0 Å². The van der Waals surface area contributed by atoms with Gasteiger partial charge in [-0.25, -0.2) is 4.98 Å². The molecule has 19 heavy (non-hydrogen) atoms. The molecule has 2 N–H and O–H groups in total. The van der Waals surface area contributed by atoms with Crippen molar-refractivity contribution in [3.8, 4) is 0 Å². The van der Waals surface area contributed by atoms with Crippen LogP contribution in [0.5, 0.6) is 0 Å². The molecule has 0 aliphatic rings. The fraction of sp³-hybridized carbons (Fsp3) is 0.533. The van der Waals surface area contributed by atoms with Crippen molar-refractivity contribution >= 4 is 11.0 Å². The van der Waals surface area contributed by atoms with Crippen molar-refractivity contribution in [1.82, 2.24) is 14.5 Å². The number of nitrogens with two attached hydrogens (primary N) is 1. The van der Waals surface area contributed by atoms with Gasteiger partial charge in [0.1, 0.15) is 5.82 Å². The minimum atomic E-state index is 0.352. The Bertz CT molecular complexity index is 530. The van der Waals surface area contributed by atoms with Gasteiger partial charge in [-0.3, -0.25) is 4.90 Å². The van der Waals surface area contributed by atoms with Crippen LogP contribution in [0.4, 0.5) is 0 Å². The Labute approximate surface area is 115 Å². The van der Waals surface area contributed by atoms with E-state index in [1.807, 2.05) is 6.07 Å². The van der Waals surface area contributed by atoms with Gasteiger partial charge in [-0.05, 0) is 45.6 Å². The lowest BCUT2D eigenvalue weighted by atomic mass is 10.2. The molecule has 1 atom stereocenters. The third kappa shape index (κ3) is 2.80. The van der Waals surface area contributed by atoms with Gasteiger partial charge >= 0.3 is 0 Å². The molecule has 2 rings (SSSR count). The number of aryl methyl sites for hydroxylation is 1.